The summed E-state index contributed by atoms with van der Waals surface area (Å²) in [5, 5.41) is 9.71. The van der Waals surface area contributed by atoms with Gasteiger partial charge in [0.15, 0.2) is 0 Å². The van der Waals surface area contributed by atoms with E-state index in [0.29, 0.717) is 18.0 Å². The molecule has 3 aromatic rings. The van der Waals surface area contributed by atoms with Gasteiger partial charge in [0.05, 0.1) is 18.4 Å². The average Bonchev–Trinajstić information content (AvgIpc) is 3.08. The van der Waals surface area contributed by atoms with Gasteiger partial charge in [-0.3, -0.25) is 5.10 Å². The van der Waals surface area contributed by atoms with Crippen LogP contribution in [0.4, 0.5) is 10.2 Å². The van der Waals surface area contributed by atoms with Gasteiger partial charge in [0.1, 0.15) is 17.9 Å². The molecule has 0 aliphatic rings. The molecule has 2 N–H and O–H groups in total. The molecule has 0 saturated heterocycles. The number of hydrogen-bond acceptors (Lipinski definition) is 4. The van der Waals surface area contributed by atoms with Crippen LogP contribution in [-0.4, -0.2) is 15.2 Å². The van der Waals surface area contributed by atoms with Crippen molar-refractivity contribution in [1.29, 1.82) is 0 Å². The zero-order valence-corrected chi connectivity index (χ0v) is 9.93. The molecule has 0 radical (unpaired) electrons. The molecular formula is C13H11FN4O. The van der Waals surface area contributed by atoms with Gasteiger partial charge in [-0.1, -0.05) is 6.07 Å². The fourth-order valence-corrected chi connectivity index (χ4v) is 1.68. The maximum absolute atomic E-state index is 13.1. The van der Waals surface area contributed by atoms with Crippen molar-refractivity contribution in [2.24, 2.45) is 0 Å². The van der Waals surface area contributed by atoms with Crippen LogP contribution in [0.1, 0.15) is 5.69 Å². The van der Waals surface area contributed by atoms with E-state index >= 15 is 0 Å². The molecule has 0 amide bonds. The minimum atomic E-state index is -0.312. The smallest absolute Gasteiger partial charge is 0.226 e. The van der Waals surface area contributed by atoms with Crippen LogP contribution in [0.15, 0.2) is 47.2 Å². The van der Waals surface area contributed by atoms with E-state index in [1.54, 1.807) is 24.6 Å². The molecule has 0 bridgehead atoms. The number of benzene rings is 1. The van der Waals surface area contributed by atoms with Crippen molar-refractivity contribution in [1.82, 2.24) is 15.2 Å². The first kappa shape index (κ1) is 11.5. The summed E-state index contributed by atoms with van der Waals surface area (Å²) in [4.78, 5) is 4.29. The first-order chi connectivity index (χ1) is 9.31. The van der Waals surface area contributed by atoms with Gasteiger partial charge >= 0.3 is 0 Å². The Balaban J connectivity index is 1.72. The summed E-state index contributed by atoms with van der Waals surface area (Å²) in [7, 11) is 0. The maximum atomic E-state index is 13.1. The first-order valence-electron chi connectivity index (χ1n) is 5.75. The highest BCUT2D eigenvalue weighted by Gasteiger charge is 2.07. The molecule has 2 aromatic heterocycles. The molecule has 0 atom stereocenters. The minimum Gasteiger partial charge on any atom is -0.444 e. The number of aromatic amines is 1. The zero-order chi connectivity index (χ0) is 13.1. The molecule has 1 aromatic carbocycles. The molecule has 0 aliphatic heterocycles. The van der Waals surface area contributed by atoms with Crippen LogP contribution < -0.4 is 5.32 Å². The third-order valence-corrected chi connectivity index (χ3v) is 2.58. The Bertz CT molecular complexity index is 663. The van der Waals surface area contributed by atoms with E-state index in [9.17, 15) is 4.39 Å². The van der Waals surface area contributed by atoms with Gasteiger partial charge in [0, 0.05) is 5.56 Å². The predicted molar refractivity (Wildman–Crippen MR) is 67.8 cm³/mol. The molecule has 0 fully saturated rings. The third-order valence-electron chi connectivity index (χ3n) is 2.58. The van der Waals surface area contributed by atoms with E-state index in [1.807, 2.05) is 6.07 Å². The van der Waals surface area contributed by atoms with E-state index < -0.39 is 0 Å². The second-order valence-corrected chi connectivity index (χ2v) is 3.98. The maximum Gasteiger partial charge on any atom is 0.226 e. The fraction of sp³-hybridized carbons (Fsp3) is 0.0769. The van der Waals surface area contributed by atoms with Crippen molar-refractivity contribution in [3.8, 4) is 11.5 Å². The predicted octanol–water partition coefficient (Wildman–Crippen LogP) is 2.82. The topological polar surface area (TPSA) is 66.7 Å². The van der Waals surface area contributed by atoms with E-state index in [4.69, 9.17) is 4.42 Å². The largest absolute Gasteiger partial charge is 0.444 e. The number of H-pyrrole nitrogens is 1. The lowest BCUT2D eigenvalue weighted by atomic mass is 10.2. The summed E-state index contributed by atoms with van der Waals surface area (Å²) in [6, 6.07) is 7.96. The first-order valence-corrected chi connectivity index (χ1v) is 5.75. The van der Waals surface area contributed by atoms with Crippen molar-refractivity contribution in [3.05, 3.63) is 54.3 Å². The summed E-state index contributed by atoms with van der Waals surface area (Å²) in [6.45, 7) is 0.501. The van der Waals surface area contributed by atoms with E-state index in [-0.39, 0.29) is 5.82 Å². The van der Waals surface area contributed by atoms with Gasteiger partial charge in [0.25, 0.3) is 0 Å². The Morgan fingerprint density at radius 2 is 2.26 bits per heavy atom. The number of hydrogen-bond donors (Lipinski definition) is 2. The number of nitrogens with zero attached hydrogens (tertiary/aromatic N) is 2. The van der Waals surface area contributed by atoms with Gasteiger partial charge in [-0.05, 0) is 24.3 Å². The molecule has 3 rings (SSSR count). The molecule has 2 heterocycles. The highest BCUT2D eigenvalue weighted by atomic mass is 19.1. The summed E-state index contributed by atoms with van der Waals surface area (Å²) < 4.78 is 18.4. The molecule has 0 unspecified atom stereocenters. The molecule has 5 nitrogen and oxygen atoms in total. The highest BCUT2D eigenvalue weighted by Crippen LogP contribution is 2.19. The number of anilines is 1. The van der Waals surface area contributed by atoms with Gasteiger partial charge in [-0.2, -0.15) is 5.10 Å². The fourth-order valence-electron chi connectivity index (χ4n) is 1.68. The van der Waals surface area contributed by atoms with Crippen LogP contribution in [0, 0.1) is 5.82 Å². The normalized spacial score (nSPS) is 10.6. The second-order valence-electron chi connectivity index (χ2n) is 3.98. The summed E-state index contributed by atoms with van der Waals surface area (Å²) in [5.41, 5.74) is 1.35. The molecule has 0 spiro atoms. The Morgan fingerprint density at radius 1 is 1.32 bits per heavy atom. The van der Waals surface area contributed by atoms with Crippen LogP contribution in [0.25, 0.3) is 11.5 Å². The average molecular weight is 258 g/mol. The molecule has 0 aliphatic carbocycles. The van der Waals surface area contributed by atoms with E-state index in [0.717, 1.165) is 11.5 Å². The number of nitrogens with one attached hydrogen (secondary N) is 2. The van der Waals surface area contributed by atoms with Crippen LogP contribution in [0.5, 0.6) is 0 Å². The Morgan fingerprint density at radius 3 is 3.05 bits per heavy atom. The summed E-state index contributed by atoms with van der Waals surface area (Å²) >= 11 is 0. The Labute approximate surface area is 108 Å². The quantitative estimate of drug-likeness (QED) is 0.755. The van der Waals surface area contributed by atoms with E-state index in [1.165, 1.54) is 12.1 Å². The lowest BCUT2D eigenvalue weighted by molar-refractivity contribution is 0.571. The monoisotopic (exact) mass is 258 g/mol. The Hall–Kier alpha value is -2.63. The number of halogens is 1. The highest BCUT2D eigenvalue weighted by molar-refractivity contribution is 5.53. The SMILES string of the molecule is Fc1cccc(-c2nc(CNc3ccn[nH]3)co2)c1. The number of aromatic nitrogens is 3. The molecule has 19 heavy (non-hydrogen) atoms. The third kappa shape index (κ3) is 2.62. The van der Waals surface area contributed by atoms with Crippen LogP contribution >= 0.6 is 0 Å². The van der Waals surface area contributed by atoms with Gasteiger partial charge < -0.3 is 9.73 Å². The van der Waals surface area contributed by atoms with Crippen molar-refractivity contribution < 1.29 is 8.81 Å². The number of rotatable bonds is 4. The summed E-state index contributed by atoms with van der Waals surface area (Å²) in [6.07, 6.45) is 3.20. The van der Waals surface area contributed by atoms with Crippen molar-refractivity contribution in [2.45, 2.75) is 6.54 Å². The summed E-state index contributed by atoms with van der Waals surface area (Å²) in [5.74, 6) is 0.893. The lowest BCUT2D eigenvalue weighted by Crippen LogP contribution is -1.99. The standard InChI is InChI=1S/C13H11FN4O/c14-10-3-1-2-9(6-10)13-17-11(8-19-13)7-15-12-4-5-16-18-12/h1-6,8H,7H2,(H2,15,16,18). The van der Waals surface area contributed by atoms with Gasteiger partial charge in [-0.15, -0.1) is 0 Å². The van der Waals surface area contributed by atoms with Crippen molar-refractivity contribution in [2.75, 3.05) is 5.32 Å². The van der Waals surface area contributed by atoms with Crippen LogP contribution in [0.3, 0.4) is 0 Å². The van der Waals surface area contributed by atoms with E-state index in [2.05, 4.69) is 20.5 Å². The lowest BCUT2D eigenvalue weighted by Gasteiger charge is -1.98. The van der Waals surface area contributed by atoms with Gasteiger partial charge in [-0.25, -0.2) is 9.37 Å². The van der Waals surface area contributed by atoms with Crippen molar-refractivity contribution >= 4 is 5.82 Å². The molecule has 0 saturated carbocycles. The van der Waals surface area contributed by atoms with Crippen molar-refractivity contribution in [3.63, 3.8) is 0 Å². The molecular weight excluding hydrogens is 247 g/mol. The second kappa shape index (κ2) is 4.93. The minimum absolute atomic E-state index is 0.312. The molecule has 96 valence electrons. The zero-order valence-electron chi connectivity index (χ0n) is 9.93. The van der Waals surface area contributed by atoms with Crippen LogP contribution in [0.2, 0.25) is 0 Å². The van der Waals surface area contributed by atoms with Crippen LogP contribution in [-0.2, 0) is 6.54 Å². The van der Waals surface area contributed by atoms with Gasteiger partial charge in [0.2, 0.25) is 5.89 Å². The molecule has 6 heteroatoms. The Kier molecular flexibility index (Phi) is 2.97. The number of oxazole rings is 1.